The number of aryl methyl sites for hydroxylation is 2. The minimum atomic E-state index is -0.365. The zero-order chi connectivity index (χ0) is 14.9. The second kappa shape index (κ2) is 5.59. The van der Waals surface area contributed by atoms with Crippen molar-refractivity contribution < 1.29 is 4.39 Å². The Balaban J connectivity index is 2.33. The zero-order valence-electron chi connectivity index (χ0n) is 11.9. The third kappa shape index (κ3) is 2.81. The molecule has 2 aromatic rings. The molecule has 0 aliphatic carbocycles. The molecule has 1 N–H and O–H groups in total. The van der Waals surface area contributed by atoms with Crippen LogP contribution >= 0.6 is 11.3 Å². The summed E-state index contributed by atoms with van der Waals surface area (Å²) in [6.07, 6.45) is 0. The van der Waals surface area contributed by atoms with Crippen molar-refractivity contribution in [2.75, 3.05) is 5.32 Å². The molecule has 0 aliphatic heterocycles. The van der Waals surface area contributed by atoms with Crippen LogP contribution in [0.1, 0.15) is 39.7 Å². The summed E-state index contributed by atoms with van der Waals surface area (Å²) in [4.78, 5) is 5.53. The number of rotatable bonds is 3. The van der Waals surface area contributed by atoms with Gasteiger partial charge in [-0.15, -0.1) is 11.3 Å². The van der Waals surface area contributed by atoms with Crippen LogP contribution in [0.4, 0.5) is 10.1 Å². The number of thiazole rings is 1. The molecular weight excluding hydrogens is 273 g/mol. The maximum atomic E-state index is 13.8. The zero-order valence-corrected chi connectivity index (χ0v) is 12.7. The molecular formula is C15H16FN3S. The lowest BCUT2D eigenvalue weighted by atomic mass is 10.1. The fourth-order valence-electron chi connectivity index (χ4n) is 2.14. The normalized spacial score (nSPS) is 12.0. The molecule has 0 spiro atoms. The maximum Gasteiger partial charge on any atom is 0.129 e. The number of hydrogen-bond donors (Lipinski definition) is 1. The van der Waals surface area contributed by atoms with Crippen LogP contribution in [0.2, 0.25) is 0 Å². The van der Waals surface area contributed by atoms with E-state index in [0.29, 0.717) is 16.8 Å². The number of anilines is 1. The summed E-state index contributed by atoms with van der Waals surface area (Å²) in [6.45, 7) is 7.65. The van der Waals surface area contributed by atoms with Crippen LogP contribution < -0.4 is 5.32 Å². The van der Waals surface area contributed by atoms with E-state index in [1.54, 1.807) is 24.3 Å². The van der Waals surface area contributed by atoms with E-state index in [0.717, 1.165) is 15.6 Å². The molecule has 1 atom stereocenters. The van der Waals surface area contributed by atoms with Crippen LogP contribution in [-0.2, 0) is 0 Å². The Kier molecular flexibility index (Phi) is 4.05. The molecule has 3 nitrogen and oxygen atoms in total. The minimum absolute atomic E-state index is 0.0215. The topological polar surface area (TPSA) is 48.7 Å². The quantitative estimate of drug-likeness (QED) is 0.918. The van der Waals surface area contributed by atoms with Gasteiger partial charge in [-0.05, 0) is 39.8 Å². The highest BCUT2D eigenvalue weighted by Gasteiger charge is 2.15. The molecule has 20 heavy (non-hydrogen) atoms. The Morgan fingerprint density at radius 3 is 2.60 bits per heavy atom. The van der Waals surface area contributed by atoms with Crippen molar-refractivity contribution in [3.05, 3.63) is 44.7 Å². The molecule has 0 amide bonds. The van der Waals surface area contributed by atoms with Gasteiger partial charge in [0.1, 0.15) is 5.82 Å². The molecule has 2 rings (SSSR count). The fourth-order valence-corrected chi connectivity index (χ4v) is 3.07. The average Bonchev–Trinajstić information content (AvgIpc) is 2.73. The van der Waals surface area contributed by atoms with Crippen LogP contribution in [0, 0.1) is 37.9 Å². The van der Waals surface area contributed by atoms with Crippen molar-refractivity contribution in [2.24, 2.45) is 0 Å². The van der Waals surface area contributed by atoms with Gasteiger partial charge in [0.15, 0.2) is 0 Å². The summed E-state index contributed by atoms with van der Waals surface area (Å²) in [5, 5.41) is 13.2. The summed E-state index contributed by atoms with van der Waals surface area (Å²) < 4.78 is 13.8. The monoisotopic (exact) mass is 289 g/mol. The third-order valence-electron chi connectivity index (χ3n) is 3.18. The largest absolute Gasteiger partial charge is 0.377 e. The lowest BCUT2D eigenvalue weighted by molar-refractivity contribution is 0.618. The number of halogens is 1. The molecule has 0 aliphatic rings. The van der Waals surface area contributed by atoms with Gasteiger partial charge >= 0.3 is 0 Å². The molecule has 1 heterocycles. The first-order chi connectivity index (χ1) is 9.42. The van der Waals surface area contributed by atoms with Crippen LogP contribution in [0.5, 0.6) is 0 Å². The van der Waals surface area contributed by atoms with Gasteiger partial charge in [-0.25, -0.2) is 9.37 Å². The van der Waals surface area contributed by atoms with Crippen molar-refractivity contribution >= 4 is 17.0 Å². The van der Waals surface area contributed by atoms with E-state index < -0.39 is 0 Å². The van der Waals surface area contributed by atoms with E-state index in [2.05, 4.69) is 10.3 Å². The van der Waals surface area contributed by atoms with Gasteiger partial charge in [0.25, 0.3) is 0 Å². The Hall–Kier alpha value is -1.93. The highest BCUT2D eigenvalue weighted by atomic mass is 32.1. The third-order valence-corrected chi connectivity index (χ3v) is 4.43. The fraction of sp³-hybridized carbons (Fsp3) is 0.333. The van der Waals surface area contributed by atoms with E-state index in [4.69, 9.17) is 5.26 Å². The minimum Gasteiger partial charge on any atom is -0.377 e. The van der Waals surface area contributed by atoms with Crippen LogP contribution in [0.25, 0.3) is 0 Å². The first-order valence-electron chi connectivity index (χ1n) is 6.33. The van der Waals surface area contributed by atoms with Gasteiger partial charge in [-0.3, -0.25) is 0 Å². The lowest BCUT2D eigenvalue weighted by Gasteiger charge is -2.17. The van der Waals surface area contributed by atoms with Gasteiger partial charge < -0.3 is 5.32 Å². The molecule has 1 aromatic heterocycles. The van der Waals surface area contributed by atoms with Crippen molar-refractivity contribution in [3.63, 3.8) is 0 Å². The first-order valence-corrected chi connectivity index (χ1v) is 7.14. The number of nitriles is 1. The predicted octanol–water partition coefficient (Wildman–Crippen LogP) is 4.25. The van der Waals surface area contributed by atoms with Gasteiger partial charge in [0.05, 0.1) is 28.4 Å². The summed E-state index contributed by atoms with van der Waals surface area (Å²) >= 11 is 1.63. The molecule has 104 valence electrons. The van der Waals surface area contributed by atoms with Crippen molar-refractivity contribution in [2.45, 2.75) is 33.7 Å². The molecule has 1 unspecified atom stereocenters. The van der Waals surface area contributed by atoms with Crippen molar-refractivity contribution in [1.82, 2.24) is 4.98 Å². The van der Waals surface area contributed by atoms with E-state index in [9.17, 15) is 4.39 Å². The summed E-state index contributed by atoms with van der Waals surface area (Å²) in [5.74, 6) is -0.365. The Labute approximate surface area is 122 Å². The van der Waals surface area contributed by atoms with Crippen molar-refractivity contribution in [1.29, 1.82) is 5.26 Å². The van der Waals surface area contributed by atoms with E-state index in [1.165, 1.54) is 6.07 Å². The van der Waals surface area contributed by atoms with Gasteiger partial charge in [0.2, 0.25) is 0 Å². The summed E-state index contributed by atoms with van der Waals surface area (Å²) in [6, 6.07) is 4.93. The van der Waals surface area contributed by atoms with E-state index in [-0.39, 0.29) is 11.9 Å². The van der Waals surface area contributed by atoms with Crippen LogP contribution in [0.3, 0.4) is 0 Å². The maximum absolute atomic E-state index is 13.8. The Bertz CT molecular complexity index is 685. The predicted molar refractivity (Wildman–Crippen MR) is 79.5 cm³/mol. The SMILES string of the molecule is Cc1nc(C)c(C(C)Nc2cc(C#N)cc(F)c2C)s1. The van der Waals surface area contributed by atoms with Gasteiger partial charge in [-0.1, -0.05) is 0 Å². The Morgan fingerprint density at radius 1 is 1.35 bits per heavy atom. The number of benzene rings is 1. The molecule has 0 radical (unpaired) electrons. The second-order valence-corrected chi connectivity index (χ2v) is 6.03. The molecule has 0 fully saturated rings. The first kappa shape index (κ1) is 14.5. The summed E-state index contributed by atoms with van der Waals surface area (Å²) in [5.41, 5.74) is 2.48. The van der Waals surface area contributed by atoms with Crippen LogP contribution in [0.15, 0.2) is 12.1 Å². The summed E-state index contributed by atoms with van der Waals surface area (Å²) in [7, 11) is 0. The number of hydrogen-bond acceptors (Lipinski definition) is 4. The Morgan fingerprint density at radius 2 is 2.05 bits per heavy atom. The highest BCUT2D eigenvalue weighted by molar-refractivity contribution is 7.11. The second-order valence-electron chi connectivity index (χ2n) is 4.79. The number of aromatic nitrogens is 1. The number of nitrogens with zero attached hydrogens (tertiary/aromatic N) is 2. The average molecular weight is 289 g/mol. The van der Waals surface area contributed by atoms with Crippen LogP contribution in [-0.4, -0.2) is 4.98 Å². The van der Waals surface area contributed by atoms with Gasteiger partial charge in [0, 0.05) is 16.1 Å². The van der Waals surface area contributed by atoms with Gasteiger partial charge in [-0.2, -0.15) is 5.26 Å². The van der Waals surface area contributed by atoms with Crippen molar-refractivity contribution in [3.8, 4) is 6.07 Å². The lowest BCUT2D eigenvalue weighted by Crippen LogP contribution is -2.08. The highest BCUT2D eigenvalue weighted by Crippen LogP contribution is 2.29. The standard InChI is InChI=1S/C15H16FN3S/c1-8-13(16)5-12(7-17)6-14(8)19-10(3)15-9(2)18-11(4)20-15/h5-6,10,19H,1-4H3. The molecule has 0 bridgehead atoms. The molecule has 0 saturated heterocycles. The smallest absolute Gasteiger partial charge is 0.129 e. The number of nitrogens with one attached hydrogen (secondary N) is 1. The van der Waals surface area contributed by atoms with E-state index >= 15 is 0 Å². The molecule has 0 saturated carbocycles. The molecule has 5 heteroatoms. The molecule has 1 aromatic carbocycles. The van der Waals surface area contributed by atoms with E-state index in [1.807, 2.05) is 26.8 Å².